The predicted molar refractivity (Wildman–Crippen MR) is 86.6 cm³/mol. The maximum absolute atomic E-state index is 12.1. The van der Waals surface area contributed by atoms with Gasteiger partial charge < -0.3 is 0 Å². The molecule has 0 unspecified atom stereocenters. The molecular weight excluding hydrogens is 373 g/mol. The van der Waals surface area contributed by atoms with Crippen LogP contribution in [0.1, 0.15) is 11.1 Å². The van der Waals surface area contributed by atoms with Crippen molar-refractivity contribution in [2.24, 2.45) is 0 Å². The number of nitrogens with one attached hydrogen (secondary N) is 1. The second kappa shape index (κ2) is 5.92. The highest BCUT2D eigenvalue weighted by Crippen LogP contribution is 2.19. The van der Waals surface area contributed by atoms with Crippen LogP contribution in [0.25, 0.3) is 0 Å². The summed E-state index contributed by atoms with van der Waals surface area (Å²) in [7, 11) is -3.37. The molecule has 0 bridgehead atoms. The van der Waals surface area contributed by atoms with Crippen LogP contribution in [0.4, 0.5) is 5.69 Å². The normalized spacial score (nSPS) is 11.3. The van der Waals surface area contributed by atoms with Crippen LogP contribution in [0.5, 0.6) is 0 Å². The molecule has 19 heavy (non-hydrogen) atoms. The molecule has 0 aliphatic heterocycles. The highest BCUT2D eigenvalue weighted by Gasteiger charge is 2.11. The lowest BCUT2D eigenvalue weighted by molar-refractivity contribution is 0.600. The van der Waals surface area contributed by atoms with Crippen LogP contribution in [-0.2, 0) is 15.8 Å². The Balaban J connectivity index is 2.15. The van der Waals surface area contributed by atoms with Gasteiger partial charge in [0.15, 0.2) is 0 Å². The first-order valence-electron chi connectivity index (χ1n) is 5.77. The Kier molecular flexibility index (Phi) is 4.46. The fraction of sp³-hybridized carbons (Fsp3) is 0.143. The van der Waals surface area contributed by atoms with Gasteiger partial charge in [-0.2, -0.15) is 0 Å². The fourth-order valence-electron chi connectivity index (χ4n) is 1.67. The third-order valence-electron chi connectivity index (χ3n) is 2.64. The van der Waals surface area contributed by atoms with E-state index in [1.165, 1.54) is 0 Å². The zero-order valence-corrected chi connectivity index (χ0v) is 13.4. The van der Waals surface area contributed by atoms with Crippen LogP contribution < -0.4 is 4.72 Å². The van der Waals surface area contributed by atoms with E-state index in [-0.39, 0.29) is 5.75 Å². The average molecular weight is 387 g/mol. The van der Waals surface area contributed by atoms with Crippen molar-refractivity contribution in [3.63, 3.8) is 0 Å². The lowest BCUT2D eigenvalue weighted by Crippen LogP contribution is -2.15. The van der Waals surface area contributed by atoms with Crippen molar-refractivity contribution in [3.05, 3.63) is 63.2 Å². The molecule has 2 aromatic carbocycles. The van der Waals surface area contributed by atoms with E-state index in [9.17, 15) is 8.42 Å². The molecule has 0 radical (unpaired) electrons. The molecule has 0 heterocycles. The van der Waals surface area contributed by atoms with E-state index in [4.69, 9.17) is 0 Å². The third kappa shape index (κ3) is 4.21. The zero-order chi connectivity index (χ0) is 13.9. The van der Waals surface area contributed by atoms with Gasteiger partial charge >= 0.3 is 0 Å². The molecule has 0 saturated carbocycles. The monoisotopic (exact) mass is 387 g/mol. The summed E-state index contributed by atoms with van der Waals surface area (Å²) in [6, 6.07) is 14.7. The van der Waals surface area contributed by atoms with Crippen LogP contribution in [0.3, 0.4) is 0 Å². The maximum atomic E-state index is 12.1. The van der Waals surface area contributed by atoms with Crippen LogP contribution >= 0.6 is 22.6 Å². The Hall–Kier alpha value is -1.08. The lowest BCUT2D eigenvalue weighted by atomic mass is 10.2. The highest BCUT2D eigenvalue weighted by atomic mass is 127. The van der Waals surface area contributed by atoms with Gasteiger partial charge in [0.2, 0.25) is 10.0 Å². The third-order valence-corrected chi connectivity index (χ3v) is 5.07. The van der Waals surface area contributed by atoms with Crippen molar-refractivity contribution in [3.8, 4) is 0 Å². The number of hydrogen-bond acceptors (Lipinski definition) is 2. The summed E-state index contributed by atoms with van der Waals surface area (Å²) in [6.07, 6.45) is 0. The molecule has 0 amide bonds. The van der Waals surface area contributed by atoms with Crippen molar-refractivity contribution < 1.29 is 8.42 Å². The van der Waals surface area contributed by atoms with Gasteiger partial charge in [-0.3, -0.25) is 4.72 Å². The second-order valence-electron chi connectivity index (χ2n) is 4.31. The first-order chi connectivity index (χ1) is 8.96. The van der Waals surface area contributed by atoms with E-state index in [2.05, 4.69) is 27.3 Å². The molecule has 0 aliphatic carbocycles. The lowest BCUT2D eigenvalue weighted by Gasteiger charge is -2.09. The summed E-state index contributed by atoms with van der Waals surface area (Å²) in [6.45, 7) is 1.99. The van der Waals surface area contributed by atoms with Crippen molar-refractivity contribution in [1.82, 2.24) is 0 Å². The number of hydrogen-bond donors (Lipinski definition) is 1. The second-order valence-corrected chi connectivity index (χ2v) is 7.20. The fourth-order valence-corrected chi connectivity index (χ4v) is 3.37. The molecule has 5 heteroatoms. The van der Waals surface area contributed by atoms with E-state index >= 15 is 0 Å². The quantitative estimate of drug-likeness (QED) is 0.816. The molecule has 3 nitrogen and oxygen atoms in total. The molecule has 0 aliphatic rings. The minimum atomic E-state index is -3.37. The number of aryl methyl sites for hydroxylation is 1. The molecular formula is C14H14INO2S. The molecule has 100 valence electrons. The van der Waals surface area contributed by atoms with E-state index in [1.54, 1.807) is 18.2 Å². The first-order valence-corrected chi connectivity index (χ1v) is 8.50. The molecule has 0 aromatic heterocycles. The summed E-state index contributed by atoms with van der Waals surface area (Å²) < 4.78 is 27.7. The van der Waals surface area contributed by atoms with Gasteiger partial charge in [0.25, 0.3) is 0 Å². The number of benzene rings is 2. The average Bonchev–Trinajstić information content (AvgIpc) is 2.34. The smallest absolute Gasteiger partial charge is 0.236 e. The molecule has 0 fully saturated rings. The minimum Gasteiger partial charge on any atom is -0.283 e. The SMILES string of the molecule is Cc1ccc(NS(=O)(=O)Cc2ccccc2)cc1I. The molecule has 0 atom stereocenters. The minimum absolute atomic E-state index is 0.0156. The molecule has 1 N–H and O–H groups in total. The van der Waals surface area contributed by atoms with Gasteiger partial charge in [-0.15, -0.1) is 0 Å². The van der Waals surface area contributed by atoms with Gasteiger partial charge in [0.1, 0.15) is 0 Å². The van der Waals surface area contributed by atoms with Gasteiger partial charge in [0.05, 0.1) is 5.75 Å². The van der Waals surface area contributed by atoms with Crippen LogP contribution in [0, 0.1) is 10.5 Å². The van der Waals surface area contributed by atoms with Crippen molar-refractivity contribution in [2.75, 3.05) is 4.72 Å². The van der Waals surface area contributed by atoms with Gasteiger partial charge in [-0.1, -0.05) is 36.4 Å². The summed E-state index contributed by atoms with van der Waals surface area (Å²) in [5.41, 5.74) is 2.51. The topological polar surface area (TPSA) is 46.2 Å². The molecule has 2 aromatic rings. The van der Waals surface area contributed by atoms with E-state index in [0.29, 0.717) is 5.69 Å². The van der Waals surface area contributed by atoms with Gasteiger partial charge in [0, 0.05) is 9.26 Å². The predicted octanol–water partition coefficient (Wildman–Crippen LogP) is 3.54. The first kappa shape index (κ1) is 14.3. The summed E-state index contributed by atoms with van der Waals surface area (Å²) in [4.78, 5) is 0. The van der Waals surface area contributed by atoms with Crippen molar-refractivity contribution in [2.45, 2.75) is 12.7 Å². The Labute approximate surface area is 127 Å². The number of sulfonamides is 1. The summed E-state index contributed by atoms with van der Waals surface area (Å²) in [5.74, 6) is -0.0156. The van der Waals surface area contributed by atoms with Crippen molar-refractivity contribution >= 4 is 38.3 Å². The van der Waals surface area contributed by atoms with Crippen LogP contribution in [-0.4, -0.2) is 8.42 Å². The van der Waals surface area contributed by atoms with Crippen LogP contribution in [0.15, 0.2) is 48.5 Å². The number of rotatable bonds is 4. The Morgan fingerprint density at radius 1 is 1.11 bits per heavy atom. The van der Waals surface area contributed by atoms with E-state index in [1.807, 2.05) is 37.3 Å². The standard InChI is InChI=1S/C14H14INO2S/c1-11-7-8-13(9-14(11)15)16-19(17,18)10-12-5-3-2-4-6-12/h2-9,16H,10H2,1H3. The summed E-state index contributed by atoms with van der Waals surface area (Å²) in [5, 5.41) is 0. The largest absolute Gasteiger partial charge is 0.283 e. The summed E-state index contributed by atoms with van der Waals surface area (Å²) >= 11 is 2.19. The Bertz CT molecular complexity index is 669. The van der Waals surface area contributed by atoms with Crippen LogP contribution in [0.2, 0.25) is 0 Å². The van der Waals surface area contributed by atoms with Gasteiger partial charge in [-0.05, 0) is 52.8 Å². The number of halogens is 1. The van der Waals surface area contributed by atoms with Gasteiger partial charge in [-0.25, -0.2) is 8.42 Å². The van der Waals surface area contributed by atoms with E-state index in [0.717, 1.165) is 14.7 Å². The highest BCUT2D eigenvalue weighted by molar-refractivity contribution is 14.1. The zero-order valence-electron chi connectivity index (χ0n) is 10.4. The Morgan fingerprint density at radius 2 is 1.79 bits per heavy atom. The molecule has 0 saturated heterocycles. The van der Waals surface area contributed by atoms with E-state index < -0.39 is 10.0 Å². The molecule has 0 spiro atoms. The molecule has 2 rings (SSSR count). The number of anilines is 1. The Morgan fingerprint density at radius 3 is 2.42 bits per heavy atom. The van der Waals surface area contributed by atoms with Crippen molar-refractivity contribution in [1.29, 1.82) is 0 Å². The maximum Gasteiger partial charge on any atom is 0.236 e.